The van der Waals surface area contributed by atoms with Crippen LogP contribution in [0.4, 0.5) is 15.8 Å². The first-order chi connectivity index (χ1) is 16.6. The van der Waals surface area contributed by atoms with Crippen LogP contribution >= 0.6 is 11.8 Å². The summed E-state index contributed by atoms with van der Waals surface area (Å²) in [6.07, 6.45) is 3.27. The highest BCUT2D eigenvalue weighted by molar-refractivity contribution is 7.98. The number of carboxylic acids is 1. The molecule has 10 heteroatoms. The van der Waals surface area contributed by atoms with Crippen molar-refractivity contribution in [3.05, 3.63) is 42.2 Å². The summed E-state index contributed by atoms with van der Waals surface area (Å²) in [7, 11) is -3.76. The minimum atomic E-state index is -3.76. The number of rotatable bonds is 10. The Kier molecular flexibility index (Phi) is 8.72. The SMILES string of the molecule is CCCC[C@]1(CC)CN(c2ccc(F)cc2)c2cc(SC)c(OC[C@@H](O)C(=O)O)cc2S(=O)(=O)C1. The largest absolute Gasteiger partial charge is 0.489 e. The maximum absolute atomic E-state index is 13.8. The third-order valence-electron chi connectivity index (χ3n) is 6.49. The summed E-state index contributed by atoms with van der Waals surface area (Å²) >= 11 is 1.32. The quantitative estimate of drug-likeness (QED) is 0.423. The van der Waals surface area contributed by atoms with Crippen molar-refractivity contribution >= 4 is 38.9 Å². The van der Waals surface area contributed by atoms with E-state index >= 15 is 0 Å². The Morgan fingerprint density at radius 1 is 1.26 bits per heavy atom. The van der Waals surface area contributed by atoms with Gasteiger partial charge in [0.15, 0.2) is 15.9 Å². The number of aliphatic hydroxyl groups is 1. The minimum Gasteiger partial charge on any atom is -0.489 e. The third-order valence-corrected chi connectivity index (χ3v) is 9.24. The number of carbonyl (C=O) groups is 1. The Labute approximate surface area is 210 Å². The molecule has 1 heterocycles. The maximum Gasteiger partial charge on any atom is 0.336 e. The molecule has 2 N–H and O–H groups in total. The van der Waals surface area contributed by atoms with E-state index in [0.29, 0.717) is 29.2 Å². The molecule has 0 aromatic heterocycles. The lowest BCUT2D eigenvalue weighted by atomic mass is 9.81. The molecular formula is C25H32FNO6S2. The molecule has 3 rings (SSSR count). The molecule has 2 aromatic carbocycles. The van der Waals surface area contributed by atoms with Gasteiger partial charge in [0.2, 0.25) is 0 Å². The van der Waals surface area contributed by atoms with Gasteiger partial charge in [0.25, 0.3) is 0 Å². The molecule has 0 radical (unpaired) electrons. The number of sulfone groups is 1. The number of hydrogen-bond donors (Lipinski definition) is 2. The van der Waals surface area contributed by atoms with E-state index in [1.807, 2.05) is 11.8 Å². The molecule has 2 aromatic rings. The van der Waals surface area contributed by atoms with Gasteiger partial charge in [-0.3, -0.25) is 0 Å². The zero-order valence-corrected chi connectivity index (χ0v) is 21.8. The fourth-order valence-corrected chi connectivity index (χ4v) is 7.12. The molecule has 2 atom stereocenters. The normalized spacial score (nSPS) is 20.1. The standard InChI is InChI=1S/C25H32FNO6S2/c1-4-6-11-25(5-2)15-27(18-9-7-17(26)8-10-18)19-12-22(34-3)21(33-14-20(28)24(29)30)13-23(19)35(31,32)16-25/h7-10,12-13,20,28H,4-6,11,14-16H2,1-3H3,(H,29,30)/t20-,25-/m1/s1. The zero-order valence-electron chi connectivity index (χ0n) is 20.2. The predicted molar refractivity (Wildman–Crippen MR) is 135 cm³/mol. The second-order valence-electron chi connectivity index (χ2n) is 8.91. The van der Waals surface area contributed by atoms with Gasteiger partial charge in [0, 0.05) is 23.7 Å². The summed E-state index contributed by atoms with van der Waals surface area (Å²) < 4.78 is 46.8. The average Bonchev–Trinajstić information content (AvgIpc) is 2.93. The molecule has 7 nitrogen and oxygen atoms in total. The number of unbranched alkanes of at least 4 members (excludes halogenated alkanes) is 1. The van der Waals surface area contributed by atoms with Gasteiger partial charge in [0.1, 0.15) is 18.2 Å². The van der Waals surface area contributed by atoms with Crippen LogP contribution < -0.4 is 9.64 Å². The molecule has 0 bridgehead atoms. The van der Waals surface area contributed by atoms with Crippen LogP contribution in [0.1, 0.15) is 39.5 Å². The van der Waals surface area contributed by atoms with Gasteiger partial charge < -0.3 is 19.8 Å². The van der Waals surface area contributed by atoms with Crippen LogP contribution in [0.25, 0.3) is 0 Å². The molecular weight excluding hydrogens is 493 g/mol. The molecule has 192 valence electrons. The lowest BCUT2D eigenvalue weighted by Gasteiger charge is -2.36. The summed E-state index contributed by atoms with van der Waals surface area (Å²) in [5, 5.41) is 18.6. The number of aliphatic hydroxyl groups excluding tert-OH is 1. The molecule has 0 amide bonds. The monoisotopic (exact) mass is 525 g/mol. The number of thioether (sulfide) groups is 1. The first kappa shape index (κ1) is 27.3. The van der Waals surface area contributed by atoms with E-state index in [4.69, 9.17) is 9.84 Å². The number of nitrogens with zero attached hydrogens (tertiary/aromatic N) is 1. The fraction of sp³-hybridized carbons (Fsp3) is 0.480. The highest BCUT2D eigenvalue weighted by atomic mass is 32.2. The number of halogens is 1. The number of ether oxygens (including phenoxy) is 1. The van der Waals surface area contributed by atoms with E-state index in [1.165, 1.54) is 30.0 Å². The van der Waals surface area contributed by atoms with E-state index in [9.17, 15) is 22.7 Å². The smallest absolute Gasteiger partial charge is 0.336 e. The van der Waals surface area contributed by atoms with Crippen molar-refractivity contribution in [1.29, 1.82) is 0 Å². The summed E-state index contributed by atoms with van der Waals surface area (Å²) in [4.78, 5) is 13.6. The highest BCUT2D eigenvalue weighted by Gasteiger charge is 2.42. The number of anilines is 2. The summed E-state index contributed by atoms with van der Waals surface area (Å²) in [5.74, 6) is -1.66. The van der Waals surface area contributed by atoms with Gasteiger partial charge in [-0.05, 0) is 49.4 Å². The highest BCUT2D eigenvalue weighted by Crippen LogP contribution is 2.47. The van der Waals surface area contributed by atoms with Crippen molar-refractivity contribution in [1.82, 2.24) is 0 Å². The first-order valence-corrected chi connectivity index (χ1v) is 14.4. The first-order valence-electron chi connectivity index (χ1n) is 11.6. The van der Waals surface area contributed by atoms with Crippen LogP contribution in [0.2, 0.25) is 0 Å². The van der Waals surface area contributed by atoms with Crippen molar-refractivity contribution in [2.45, 2.75) is 55.4 Å². The van der Waals surface area contributed by atoms with E-state index in [0.717, 1.165) is 19.3 Å². The topological polar surface area (TPSA) is 104 Å². The Bertz CT molecular complexity index is 1160. The van der Waals surface area contributed by atoms with Gasteiger partial charge in [-0.1, -0.05) is 26.7 Å². The molecule has 0 saturated carbocycles. The van der Waals surface area contributed by atoms with Gasteiger partial charge in [-0.15, -0.1) is 11.8 Å². The minimum absolute atomic E-state index is 0.0446. The lowest BCUT2D eigenvalue weighted by molar-refractivity contribution is -0.148. The van der Waals surface area contributed by atoms with Crippen LogP contribution in [0.5, 0.6) is 5.75 Å². The van der Waals surface area contributed by atoms with Crippen molar-refractivity contribution in [2.24, 2.45) is 5.41 Å². The molecule has 1 aliphatic heterocycles. The van der Waals surface area contributed by atoms with E-state index in [1.54, 1.807) is 24.5 Å². The second-order valence-corrected chi connectivity index (χ2v) is 11.7. The van der Waals surface area contributed by atoms with Crippen molar-refractivity contribution in [2.75, 3.05) is 30.1 Å². The van der Waals surface area contributed by atoms with Crippen molar-refractivity contribution in [3.8, 4) is 5.75 Å². The third kappa shape index (κ3) is 6.10. The van der Waals surface area contributed by atoms with Gasteiger partial charge in [-0.2, -0.15) is 0 Å². The number of carboxylic acid groups (broad SMARTS) is 1. The number of benzene rings is 2. The second kappa shape index (κ2) is 11.2. The van der Waals surface area contributed by atoms with Crippen LogP contribution in [0, 0.1) is 11.2 Å². The van der Waals surface area contributed by atoms with Gasteiger partial charge in [-0.25, -0.2) is 17.6 Å². The van der Waals surface area contributed by atoms with E-state index < -0.39 is 33.9 Å². The van der Waals surface area contributed by atoms with Crippen LogP contribution in [-0.2, 0) is 14.6 Å². The molecule has 0 spiro atoms. The molecule has 0 fully saturated rings. The van der Waals surface area contributed by atoms with Gasteiger partial charge in [0.05, 0.1) is 21.2 Å². The summed E-state index contributed by atoms with van der Waals surface area (Å²) in [6.45, 7) is 4.01. The lowest BCUT2D eigenvalue weighted by Crippen LogP contribution is -2.37. The Balaban J connectivity index is 2.20. The molecule has 1 aliphatic rings. The van der Waals surface area contributed by atoms with Crippen LogP contribution in [0.15, 0.2) is 46.2 Å². The Hall–Kier alpha value is -2.30. The van der Waals surface area contributed by atoms with Crippen molar-refractivity contribution < 1.29 is 32.6 Å². The molecule has 0 aliphatic carbocycles. The zero-order chi connectivity index (χ0) is 25.8. The summed E-state index contributed by atoms with van der Waals surface area (Å²) in [5.41, 5.74) is 0.641. The van der Waals surface area contributed by atoms with Crippen LogP contribution in [0.3, 0.4) is 0 Å². The average molecular weight is 526 g/mol. The Morgan fingerprint density at radius 2 is 1.94 bits per heavy atom. The molecule has 0 unspecified atom stereocenters. The molecule has 0 saturated heterocycles. The number of fused-ring (bicyclic) bond motifs is 1. The van der Waals surface area contributed by atoms with E-state index in [-0.39, 0.29) is 22.2 Å². The van der Waals surface area contributed by atoms with E-state index in [2.05, 4.69) is 6.92 Å². The fourth-order valence-electron chi connectivity index (χ4n) is 4.40. The Morgan fingerprint density at radius 3 is 2.51 bits per heavy atom. The van der Waals surface area contributed by atoms with Gasteiger partial charge >= 0.3 is 5.97 Å². The van der Waals surface area contributed by atoms with Crippen LogP contribution in [-0.4, -0.2) is 55.9 Å². The predicted octanol–water partition coefficient (Wildman–Crippen LogP) is 4.88. The molecule has 35 heavy (non-hydrogen) atoms. The number of hydrogen-bond acceptors (Lipinski definition) is 7. The summed E-state index contributed by atoms with van der Waals surface area (Å²) in [6, 6.07) is 9.14. The maximum atomic E-state index is 13.8. The van der Waals surface area contributed by atoms with Crippen molar-refractivity contribution in [3.63, 3.8) is 0 Å². The number of aliphatic carboxylic acids is 1.